The van der Waals surface area contributed by atoms with Gasteiger partial charge in [-0.05, 0) is 80.0 Å². The van der Waals surface area contributed by atoms with Gasteiger partial charge in [0.15, 0.2) is 5.11 Å². The summed E-state index contributed by atoms with van der Waals surface area (Å²) in [5, 5.41) is 6.24. The van der Waals surface area contributed by atoms with E-state index in [4.69, 9.17) is 23.8 Å². The molecule has 0 bridgehead atoms. The number of aryl methyl sites for hydroxylation is 3. The number of benzene rings is 3. The molecule has 0 heterocycles. The van der Waals surface area contributed by atoms with E-state index in [1.807, 2.05) is 44.2 Å². The highest BCUT2D eigenvalue weighted by Crippen LogP contribution is 2.22. The summed E-state index contributed by atoms with van der Waals surface area (Å²) in [6, 6.07) is 19.0. The molecule has 3 N–H and O–H groups in total. The maximum Gasteiger partial charge on any atom is 0.261 e. The van der Waals surface area contributed by atoms with Gasteiger partial charge in [-0.1, -0.05) is 47.5 Å². The molecule has 3 aromatic carbocycles. The second-order valence-electron chi connectivity index (χ2n) is 7.54. The van der Waals surface area contributed by atoms with E-state index >= 15 is 0 Å². The Labute approximate surface area is 204 Å². The number of halogens is 1. The summed E-state index contributed by atoms with van der Waals surface area (Å²) in [5.74, 6) is -0.246. The minimum absolute atomic E-state index is 0.114. The van der Waals surface area contributed by atoms with E-state index in [0.717, 1.165) is 16.7 Å². The Balaban J connectivity index is 1.55. The third-order valence-electron chi connectivity index (χ3n) is 4.88. The molecule has 3 rings (SSSR count). The molecule has 0 radical (unpaired) electrons. The number of carbonyl (C=O) groups is 1. The third-order valence-corrected chi connectivity index (χ3v) is 6.84. The van der Waals surface area contributed by atoms with Gasteiger partial charge < -0.3 is 10.6 Å². The Morgan fingerprint density at radius 3 is 2.36 bits per heavy atom. The van der Waals surface area contributed by atoms with Gasteiger partial charge >= 0.3 is 0 Å². The fourth-order valence-corrected chi connectivity index (χ4v) is 4.74. The molecule has 0 aromatic heterocycles. The molecule has 172 valence electrons. The SMILES string of the molecule is Cc1ccc(NS(=O)(=O)c2ccc(NC(=S)NC(=O)CCc3ccccc3Cl)cc2)c(C)c1. The summed E-state index contributed by atoms with van der Waals surface area (Å²) >= 11 is 11.3. The molecule has 0 fully saturated rings. The van der Waals surface area contributed by atoms with Crippen molar-refractivity contribution in [2.75, 3.05) is 10.0 Å². The first kappa shape index (κ1) is 24.7. The van der Waals surface area contributed by atoms with E-state index in [-0.39, 0.29) is 22.3 Å². The van der Waals surface area contributed by atoms with Gasteiger partial charge in [0, 0.05) is 17.1 Å². The van der Waals surface area contributed by atoms with Crippen LogP contribution in [0.2, 0.25) is 5.02 Å². The lowest BCUT2D eigenvalue weighted by molar-refractivity contribution is -0.119. The number of rotatable bonds is 7. The number of sulfonamides is 1. The lowest BCUT2D eigenvalue weighted by atomic mass is 10.1. The quantitative estimate of drug-likeness (QED) is 0.387. The van der Waals surface area contributed by atoms with E-state index in [1.54, 1.807) is 24.3 Å². The van der Waals surface area contributed by atoms with Crippen molar-refractivity contribution in [2.45, 2.75) is 31.6 Å². The lowest BCUT2D eigenvalue weighted by Crippen LogP contribution is -2.34. The molecule has 0 atom stereocenters. The Morgan fingerprint density at radius 1 is 1.00 bits per heavy atom. The molecule has 1 amide bonds. The molecular formula is C24H24ClN3O3S2. The summed E-state index contributed by atoms with van der Waals surface area (Å²) < 4.78 is 28.0. The van der Waals surface area contributed by atoms with E-state index < -0.39 is 10.0 Å². The third kappa shape index (κ3) is 7.02. The second kappa shape index (κ2) is 10.8. The van der Waals surface area contributed by atoms with Crippen molar-refractivity contribution in [1.82, 2.24) is 5.32 Å². The van der Waals surface area contributed by atoms with Gasteiger partial charge in [0.25, 0.3) is 10.0 Å². The van der Waals surface area contributed by atoms with Gasteiger partial charge in [-0.15, -0.1) is 0 Å². The van der Waals surface area contributed by atoms with Gasteiger partial charge in [-0.2, -0.15) is 0 Å². The molecule has 6 nitrogen and oxygen atoms in total. The first-order valence-electron chi connectivity index (χ1n) is 10.2. The topological polar surface area (TPSA) is 87.3 Å². The van der Waals surface area contributed by atoms with Crippen LogP contribution < -0.4 is 15.4 Å². The molecular weight excluding hydrogens is 478 g/mol. The highest BCUT2D eigenvalue weighted by Gasteiger charge is 2.15. The number of amides is 1. The van der Waals surface area contributed by atoms with Crippen LogP contribution >= 0.6 is 23.8 Å². The molecule has 33 heavy (non-hydrogen) atoms. The van der Waals surface area contributed by atoms with Crippen molar-refractivity contribution >= 4 is 56.2 Å². The van der Waals surface area contributed by atoms with Gasteiger partial charge in [-0.25, -0.2) is 8.42 Å². The van der Waals surface area contributed by atoms with E-state index in [1.165, 1.54) is 12.1 Å². The predicted octanol–water partition coefficient (Wildman–Crippen LogP) is 5.20. The van der Waals surface area contributed by atoms with Crippen LogP contribution in [-0.4, -0.2) is 19.4 Å². The molecule has 0 unspecified atom stereocenters. The maximum atomic E-state index is 12.7. The minimum Gasteiger partial charge on any atom is -0.332 e. The van der Waals surface area contributed by atoms with Crippen LogP contribution in [0.5, 0.6) is 0 Å². The van der Waals surface area contributed by atoms with Gasteiger partial charge in [0.2, 0.25) is 5.91 Å². The summed E-state index contributed by atoms with van der Waals surface area (Å²) in [4.78, 5) is 12.3. The van der Waals surface area contributed by atoms with Crippen LogP contribution in [0.1, 0.15) is 23.1 Å². The Hall–Kier alpha value is -2.94. The second-order valence-corrected chi connectivity index (χ2v) is 10.0. The zero-order chi connectivity index (χ0) is 24.0. The summed E-state index contributed by atoms with van der Waals surface area (Å²) in [6.07, 6.45) is 0.723. The zero-order valence-electron chi connectivity index (χ0n) is 18.2. The summed E-state index contributed by atoms with van der Waals surface area (Å²) in [5.41, 5.74) is 3.87. The van der Waals surface area contributed by atoms with Gasteiger partial charge in [0.1, 0.15) is 0 Å². The number of hydrogen-bond donors (Lipinski definition) is 3. The molecule has 0 aliphatic carbocycles. The summed E-state index contributed by atoms with van der Waals surface area (Å²) in [7, 11) is -3.74. The van der Waals surface area contributed by atoms with Crippen molar-refractivity contribution in [1.29, 1.82) is 0 Å². The van der Waals surface area contributed by atoms with Gasteiger partial charge in [0.05, 0.1) is 10.6 Å². The number of nitrogens with one attached hydrogen (secondary N) is 3. The van der Waals surface area contributed by atoms with Crippen molar-refractivity contribution in [3.05, 3.63) is 88.4 Å². The van der Waals surface area contributed by atoms with Crippen LogP contribution in [-0.2, 0) is 21.2 Å². The van der Waals surface area contributed by atoms with Crippen molar-refractivity contribution in [3.8, 4) is 0 Å². The number of anilines is 2. The van der Waals surface area contributed by atoms with Crippen LogP contribution in [0, 0.1) is 13.8 Å². The predicted molar refractivity (Wildman–Crippen MR) is 137 cm³/mol. The fourth-order valence-electron chi connectivity index (χ4n) is 3.15. The van der Waals surface area contributed by atoms with Crippen LogP contribution in [0.4, 0.5) is 11.4 Å². The molecule has 3 aromatic rings. The largest absolute Gasteiger partial charge is 0.332 e. The molecule has 9 heteroatoms. The lowest BCUT2D eigenvalue weighted by Gasteiger charge is -2.13. The highest BCUT2D eigenvalue weighted by molar-refractivity contribution is 7.92. The molecule has 0 saturated heterocycles. The molecule has 0 aliphatic heterocycles. The Bertz CT molecular complexity index is 1280. The van der Waals surface area contributed by atoms with Gasteiger partial charge in [-0.3, -0.25) is 9.52 Å². The highest BCUT2D eigenvalue weighted by atomic mass is 35.5. The number of carbonyl (C=O) groups excluding carboxylic acids is 1. The smallest absolute Gasteiger partial charge is 0.261 e. The van der Waals surface area contributed by atoms with Crippen molar-refractivity contribution in [3.63, 3.8) is 0 Å². The first-order valence-corrected chi connectivity index (χ1v) is 12.5. The van der Waals surface area contributed by atoms with E-state index in [9.17, 15) is 13.2 Å². The van der Waals surface area contributed by atoms with Crippen LogP contribution in [0.15, 0.2) is 71.6 Å². The van der Waals surface area contributed by atoms with Crippen LogP contribution in [0.3, 0.4) is 0 Å². The average Bonchev–Trinajstić information content (AvgIpc) is 2.75. The van der Waals surface area contributed by atoms with Crippen molar-refractivity contribution < 1.29 is 13.2 Å². The normalized spacial score (nSPS) is 11.0. The monoisotopic (exact) mass is 501 g/mol. The number of hydrogen-bond acceptors (Lipinski definition) is 4. The molecule has 0 spiro atoms. The maximum absolute atomic E-state index is 12.7. The average molecular weight is 502 g/mol. The summed E-state index contributed by atoms with van der Waals surface area (Å²) in [6.45, 7) is 3.80. The molecule has 0 saturated carbocycles. The first-order chi connectivity index (χ1) is 15.6. The Morgan fingerprint density at radius 2 is 1.70 bits per heavy atom. The van der Waals surface area contributed by atoms with E-state index in [0.29, 0.717) is 22.8 Å². The fraction of sp³-hybridized carbons (Fsp3) is 0.167. The minimum atomic E-state index is -3.74. The number of thiocarbonyl (C=S) groups is 1. The Kier molecular flexibility index (Phi) is 8.07. The van der Waals surface area contributed by atoms with Crippen molar-refractivity contribution in [2.24, 2.45) is 0 Å². The standard InChI is InChI=1S/C24H24ClN3O3S2/c1-16-7-13-22(17(2)15-16)28-33(30,31)20-11-9-19(10-12-20)26-24(32)27-23(29)14-8-18-5-3-4-6-21(18)25/h3-7,9-13,15,28H,8,14H2,1-2H3,(H2,26,27,29,32). The zero-order valence-corrected chi connectivity index (χ0v) is 20.6. The molecule has 0 aliphatic rings. The van der Waals surface area contributed by atoms with Crippen LogP contribution in [0.25, 0.3) is 0 Å². The van der Waals surface area contributed by atoms with E-state index in [2.05, 4.69) is 15.4 Å².